The highest BCUT2D eigenvalue weighted by Crippen LogP contribution is 2.32. The summed E-state index contributed by atoms with van der Waals surface area (Å²) in [4.78, 5) is 12.3. The number of carbonyl (C=O) groups is 1. The molecule has 0 aromatic heterocycles. The molecule has 0 aliphatic carbocycles. The third-order valence-electron chi connectivity index (χ3n) is 4.19. The fourth-order valence-corrected chi connectivity index (χ4v) is 2.99. The zero-order valence-electron chi connectivity index (χ0n) is 14.4. The second kappa shape index (κ2) is 7.60. The second-order valence-electron chi connectivity index (χ2n) is 6.05. The van der Waals surface area contributed by atoms with E-state index < -0.39 is 0 Å². The van der Waals surface area contributed by atoms with E-state index >= 15 is 0 Å². The standard InChI is InChI=1S/C21H17ClN2O3/c22-18-4-2-1-3-17(18)21(25)24-16-8-6-15(7-9-16)23-12-14-5-10-19-20(11-14)27-13-26-19/h1-11,23H,12-13H2,(H,24,25). The van der Waals surface area contributed by atoms with Crippen molar-refractivity contribution < 1.29 is 14.3 Å². The van der Waals surface area contributed by atoms with Gasteiger partial charge in [-0.05, 0) is 54.1 Å². The van der Waals surface area contributed by atoms with E-state index in [2.05, 4.69) is 10.6 Å². The predicted octanol–water partition coefficient (Wildman–Crippen LogP) is 4.93. The van der Waals surface area contributed by atoms with E-state index in [1.165, 1.54) is 0 Å². The Morgan fingerprint density at radius 2 is 1.67 bits per heavy atom. The Bertz CT molecular complexity index is 973. The van der Waals surface area contributed by atoms with Crippen molar-refractivity contribution in [3.63, 3.8) is 0 Å². The molecule has 0 radical (unpaired) electrons. The topological polar surface area (TPSA) is 59.6 Å². The number of carbonyl (C=O) groups excluding carboxylic acids is 1. The average Bonchev–Trinajstić information content (AvgIpc) is 3.15. The van der Waals surface area contributed by atoms with Crippen molar-refractivity contribution in [1.82, 2.24) is 0 Å². The maximum absolute atomic E-state index is 12.3. The van der Waals surface area contributed by atoms with Gasteiger partial charge in [-0.2, -0.15) is 0 Å². The van der Waals surface area contributed by atoms with Gasteiger partial charge in [0.1, 0.15) is 0 Å². The molecular formula is C21H17ClN2O3. The Hall–Kier alpha value is -3.18. The number of nitrogens with one attached hydrogen (secondary N) is 2. The summed E-state index contributed by atoms with van der Waals surface area (Å²) in [7, 11) is 0. The number of anilines is 2. The summed E-state index contributed by atoms with van der Waals surface area (Å²) in [5.41, 5.74) is 3.19. The van der Waals surface area contributed by atoms with Crippen LogP contribution in [0.1, 0.15) is 15.9 Å². The first kappa shape index (κ1) is 17.2. The molecule has 0 saturated heterocycles. The van der Waals surface area contributed by atoms with Gasteiger partial charge < -0.3 is 20.1 Å². The van der Waals surface area contributed by atoms with Crippen molar-refractivity contribution in [2.75, 3.05) is 17.4 Å². The predicted molar refractivity (Wildman–Crippen MR) is 106 cm³/mol. The molecule has 6 heteroatoms. The second-order valence-corrected chi connectivity index (χ2v) is 6.46. The van der Waals surface area contributed by atoms with Crippen molar-refractivity contribution in [3.05, 3.63) is 82.9 Å². The van der Waals surface area contributed by atoms with Crippen molar-refractivity contribution in [1.29, 1.82) is 0 Å². The monoisotopic (exact) mass is 380 g/mol. The smallest absolute Gasteiger partial charge is 0.257 e. The van der Waals surface area contributed by atoms with Gasteiger partial charge in [-0.3, -0.25) is 4.79 Å². The van der Waals surface area contributed by atoms with Gasteiger partial charge in [0.25, 0.3) is 5.91 Å². The van der Waals surface area contributed by atoms with Crippen LogP contribution in [0.3, 0.4) is 0 Å². The van der Waals surface area contributed by atoms with Gasteiger partial charge in [0, 0.05) is 17.9 Å². The lowest BCUT2D eigenvalue weighted by Crippen LogP contribution is -2.12. The molecule has 0 saturated carbocycles. The van der Waals surface area contributed by atoms with Gasteiger partial charge in [0.15, 0.2) is 11.5 Å². The number of halogens is 1. The molecule has 1 aliphatic heterocycles. The lowest BCUT2D eigenvalue weighted by molar-refractivity contribution is 0.102. The van der Waals surface area contributed by atoms with Crippen LogP contribution < -0.4 is 20.1 Å². The highest BCUT2D eigenvalue weighted by atomic mass is 35.5. The van der Waals surface area contributed by atoms with E-state index in [1.54, 1.807) is 24.3 Å². The van der Waals surface area contributed by atoms with Crippen molar-refractivity contribution in [2.24, 2.45) is 0 Å². The first-order valence-electron chi connectivity index (χ1n) is 8.47. The van der Waals surface area contributed by atoms with Crippen molar-refractivity contribution in [3.8, 4) is 11.5 Å². The fourth-order valence-electron chi connectivity index (χ4n) is 2.77. The summed E-state index contributed by atoms with van der Waals surface area (Å²) in [6.45, 7) is 0.926. The van der Waals surface area contributed by atoms with Gasteiger partial charge in [-0.15, -0.1) is 0 Å². The SMILES string of the molecule is O=C(Nc1ccc(NCc2ccc3c(c2)OCO3)cc1)c1ccccc1Cl. The molecule has 136 valence electrons. The average molecular weight is 381 g/mol. The molecule has 0 unspecified atom stereocenters. The molecule has 1 heterocycles. The van der Waals surface area contributed by atoms with Gasteiger partial charge in [-0.1, -0.05) is 29.8 Å². The van der Waals surface area contributed by atoms with E-state index in [9.17, 15) is 4.79 Å². The normalized spacial score (nSPS) is 11.9. The maximum atomic E-state index is 12.3. The molecule has 1 amide bonds. The number of fused-ring (bicyclic) bond motifs is 1. The van der Waals surface area contributed by atoms with E-state index in [0.717, 1.165) is 22.7 Å². The zero-order chi connectivity index (χ0) is 18.6. The molecular weight excluding hydrogens is 364 g/mol. The minimum Gasteiger partial charge on any atom is -0.454 e. The summed E-state index contributed by atoms with van der Waals surface area (Å²) < 4.78 is 10.7. The molecule has 0 fully saturated rings. The van der Waals surface area contributed by atoms with Crippen LogP contribution in [0.4, 0.5) is 11.4 Å². The Morgan fingerprint density at radius 3 is 2.48 bits per heavy atom. The summed E-state index contributed by atoms with van der Waals surface area (Å²) in [6, 6.07) is 20.3. The summed E-state index contributed by atoms with van der Waals surface area (Å²) in [5, 5.41) is 6.62. The number of ether oxygens (including phenoxy) is 2. The molecule has 5 nitrogen and oxygen atoms in total. The maximum Gasteiger partial charge on any atom is 0.257 e. The fraction of sp³-hybridized carbons (Fsp3) is 0.0952. The molecule has 0 spiro atoms. The van der Waals surface area contributed by atoms with Crippen LogP contribution >= 0.6 is 11.6 Å². The summed E-state index contributed by atoms with van der Waals surface area (Å²) >= 11 is 6.06. The highest BCUT2D eigenvalue weighted by Gasteiger charge is 2.13. The number of hydrogen-bond acceptors (Lipinski definition) is 4. The van der Waals surface area contributed by atoms with Crippen LogP contribution in [0.25, 0.3) is 0 Å². The van der Waals surface area contributed by atoms with E-state index in [0.29, 0.717) is 22.8 Å². The van der Waals surface area contributed by atoms with E-state index in [1.807, 2.05) is 42.5 Å². The minimum atomic E-state index is -0.235. The third-order valence-corrected chi connectivity index (χ3v) is 4.52. The van der Waals surface area contributed by atoms with Crippen molar-refractivity contribution >= 4 is 28.9 Å². The Morgan fingerprint density at radius 1 is 0.926 bits per heavy atom. The Labute approximate surface area is 161 Å². The molecule has 3 aromatic carbocycles. The third kappa shape index (κ3) is 3.99. The molecule has 0 atom stereocenters. The number of amides is 1. The Kier molecular flexibility index (Phi) is 4.85. The molecule has 1 aliphatic rings. The van der Waals surface area contributed by atoms with Gasteiger partial charge >= 0.3 is 0 Å². The number of benzene rings is 3. The van der Waals surface area contributed by atoms with Crippen LogP contribution in [0.5, 0.6) is 11.5 Å². The first-order chi connectivity index (χ1) is 13.2. The molecule has 4 rings (SSSR count). The van der Waals surface area contributed by atoms with Crippen molar-refractivity contribution in [2.45, 2.75) is 6.54 Å². The van der Waals surface area contributed by atoms with Crippen LogP contribution in [0, 0.1) is 0 Å². The summed E-state index contributed by atoms with van der Waals surface area (Å²) in [6.07, 6.45) is 0. The first-order valence-corrected chi connectivity index (χ1v) is 8.85. The van der Waals surface area contributed by atoms with Crippen LogP contribution in [0.2, 0.25) is 5.02 Å². The zero-order valence-corrected chi connectivity index (χ0v) is 15.1. The van der Waals surface area contributed by atoms with E-state index in [-0.39, 0.29) is 12.7 Å². The molecule has 3 aromatic rings. The number of hydrogen-bond donors (Lipinski definition) is 2. The van der Waals surface area contributed by atoms with Crippen LogP contribution in [-0.2, 0) is 6.54 Å². The van der Waals surface area contributed by atoms with Gasteiger partial charge in [-0.25, -0.2) is 0 Å². The van der Waals surface area contributed by atoms with Crippen LogP contribution in [-0.4, -0.2) is 12.7 Å². The molecule has 2 N–H and O–H groups in total. The largest absolute Gasteiger partial charge is 0.454 e. The number of rotatable bonds is 5. The highest BCUT2D eigenvalue weighted by molar-refractivity contribution is 6.34. The van der Waals surface area contributed by atoms with Gasteiger partial charge in [0.05, 0.1) is 10.6 Å². The lowest BCUT2D eigenvalue weighted by atomic mass is 10.2. The quantitative estimate of drug-likeness (QED) is 0.658. The lowest BCUT2D eigenvalue weighted by Gasteiger charge is -2.10. The Balaban J connectivity index is 1.36. The summed E-state index contributed by atoms with van der Waals surface area (Å²) in [5.74, 6) is 1.31. The molecule has 27 heavy (non-hydrogen) atoms. The van der Waals surface area contributed by atoms with Crippen LogP contribution in [0.15, 0.2) is 66.7 Å². The molecule has 0 bridgehead atoms. The van der Waals surface area contributed by atoms with E-state index in [4.69, 9.17) is 21.1 Å². The minimum absolute atomic E-state index is 0.235. The van der Waals surface area contributed by atoms with Gasteiger partial charge in [0.2, 0.25) is 6.79 Å².